The van der Waals surface area contributed by atoms with E-state index in [9.17, 15) is 22.2 Å². The second-order valence-electron chi connectivity index (χ2n) is 9.66. The Morgan fingerprint density at radius 1 is 1.18 bits per heavy atom. The van der Waals surface area contributed by atoms with Crippen LogP contribution in [0.4, 0.5) is 24.5 Å². The molecule has 1 unspecified atom stereocenters. The van der Waals surface area contributed by atoms with Crippen molar-refractivity contribution in [3.8, 4) is 0 Å². The molecule has 1 amide bonds. The molecule has 1 fully saturated rings. The van der Waals surface area contributed by atoms with E-state index in [1.165, 1.54) is 36.4 Å². The van der Waals surface area contributed by atoms with Gasteiger partial charge >= 0.3 is 6.18 Å². The second kappa shape index (κ2) is 11.5. The maximum atomic E-state index is 13.3. The van der Waals surface area contributed by atoms with Crippen molar-refractivity contribution < 1.29 is 26.7 Å². The van der Waals surface area contributed by atoms with Gasteiger partial charge in [0.2, 0.25) is 11.8 Å². The number of nitrogens with zero attached hydrogens (tertiary/aromatic N) is 3. The number of halogens is 5. The van der Waals surface area contributed by atoms with Crippen molar-refractivity contribution in [1.82, 2.24) is 10.1 Å². The van der Waals surface area contributed by atoms with Gasteiger partial charge in [0.05, 0.1) is 22.8 Å². The van der Waals surface area contributed by atoms with Crippen molar-refractivity contribution in [3.63, 3.8) is 0 Å². The maximum absolute atomic E-state index is 13.3. The molecular formula is C26H27Cl2F3N4O3S. The number of carbonyl (C=O) groups is 1. The molecule has 1 saturated carbocycles. The highest BCUT2D eigenvalue weighted by Crippen LogP contribution is 2.56. The van der Waals surface area contributed by atoms with E-state index in [0.717, 1.165) is 4.90 Å². The van der Waals surface area contributed by atoms with Gasteiger partial charge in [0.15, 0.2) is 5.82 Å². The van der Waals surface area contributed by atoms with Gasteiger partial charge in [0.25, 0.3) is 0 Å². The Kier molecular flexibility index (Phi) is 8.63. The lowest BCUT2D eigenvalue weighted by atomic mass is 9.94. The number of hydrogen-bond donors (Lipinski definition) is 1. The predicted molar refractivity (Wildman–Crippen MR) is 145 cm³/mol. The topological polar surface area (TPSA) is 88.3 Å². The SMILES string of the molecule is CCS(=O)c1ccc(N(CC(=O)Nc2cc(Cl)c(C3(c4noc(C(C)C)n4)CC3)c(Cl)c2)CC(F)(F)F)cc1. The zero-order chi connectivity index (χ0) is 28.5. The van der Waals surface area contributed by atoms with Crippen LogP contribution in [-0.4, -0.2) is 45.3 Å². The number of nitrogens with one attached hydrogen (secondary N) is 1. The summed E-state index contributed by atoms with van der Waals surface area (Å²) >= 11 is 13.2. The van der Waals surface area contributed by atoms with E-state index in [2.05, 4.69) is 15.5 Å². The number of hydrogen-bond acceptors (Lipinski definition) is 6. The summed E-state index contributed by atoms with van der Waals surface area (Å²) in [6.07, 6.45) is -3.12. The third kappa shape index (κ3) is 6.75. The molecule has 0 aliphatic heterocycles. The summed E-state index contributed by atoms with van der Waals surface area (Å²) in [4.78, 5) is 18.7. The average molecular weight is 603 g/mol. The number of benzene rings is 2. The fourth-order valence-electron chi connectivity index (χ4n) is 4.28. The Balaban J connectivity index is 1.52. The van der Waals surface area contributed by atoms with E-state index in [4.69, 9.17) is 27.7 Å². The van der Waals surface area contributed by atoms with Crippen LogP contribution < -0.4 is 10.2 Å². The van der Waals surface area contributed by atoms with Crippen LogP contribution in [0, 0.1) is 0 Å². The monoisotopic (exact) mass is 602 g/mol. The highest BCUT2D eigenvalue weighted by Gasteiger charge is 2.52. The summed E-state index contributed by atoms with van der Waals surface area (Å²) in [5.74, 6) is 0.738. The van der Waals surface area contributed by atoms with Crippen molar-refractivity contribution in [3.05, 3.63) is 63.7 Å². The molecular weight excluding hydrogens is 576 g/mol. The maximum Gasteiger partial charge on any atom is 0.405 e. The van der Waals surface area contributed by atoms with Crippen molar-refractivity contribution in [2.24, 2.45) is 0 Å². The molecule has 0 bridgehead atoms. The molecule has 1 aliphatic carbocycles. The minimum absolute atomic E-state index is 0.0562. The van der Waals surface area contributed by atoms with Crippen molar-refractivity contribution in [2.75, 3.05) is 29.1 Å². The van der Waals surface area contributed by atoms with E-state index < -0.39 is 41.4 Å². The van der Waals surface area contributed by atoms with Gasteiger partial charge < -0.3 is 14.7 Å². The van der Waals surface area contributed by atoms with Crippen LogP contribution in [0.15, 0.2) is 45.8 Å². The molecule has 0 radical (unpaired) electrons. The lowest BCUT2D eigenvalue weighted by Crippen LogP contribution is -2.39. The smallest absolute Gasteiger partial charge is 0.353 e. The number of alkyl halides is 3. The Morgan fingerprint density at radius 2 is 1.79 bits per heavy atom. The summed E-state index contributed by atoms with van der Waals surface area (Å²) in [7, 11) is -1.25. The van der Waals surface area contributed by atoms with Crippen LogP contribution in [0.1, 0.15) is 56.8 Å². The number of amides is 1. The van der Waals surface area contributed by atoms with Crippen LogP contribution in [-0.2, 0) is 21.0 Å². The second-order valence-corrected chi connectivity index (χ2v) is 12.2. The largest absolute Gasteiger partial charge is 0.405 e. The predicted octanol–water partition coefficient (Wildman–Crippen LogP) is 6.71. The summed E-state index contributed by atoms with van der Waals surface area (Å²) in [6, 6.07) is 8.84. The third-order valence-electron chi connectivity index (χ3n) is 6.35. The Hall–Kier alpha value is -2.63. The highest BCUT2D eigenvalue weighted by molar-refractivity contribution is 7.85. The summed E-state index contributed by atoms with van der Waals surface area (Å²) < 4.78 is 57.3. The van der Waals surface area contributed by atoms with Gasteiger partial charge in [-0.2, -0.15) is 18.2 Å². The van der Waals surface area contributed by atoms with Crippen LogP contribution in [0.25, 0.3) is 0 Å². The van der Waals surface area contributed by atoms with E-state index in [-0.39, 0.29) is 27.3 Å². The highest BCUT2D eigenvalue weighted by atomic mass is 35.5. The molecule has 1 atom stereocenters. The zero-order valence-electron chi connectivity index (χ0n) is 21.4. The third-order valence-corrected chi connectivity index (χ3v) is 8.27. The molecule has 1 aromatic heterocycles. The number of carbonyl (C=O) groups excluding carboxylic acids is 1. The van der Waals surface area contributed by atoms with Crippen LogP contribution in [0.2, 0.25) is 10.0 Å². The van der Waals surface area contributed by atoms with Crippen molar-refractivity contribution in [1.29, 1.82) is 0 Å². The van der Waals surface area contributed by atoms with Gasteiger partial charge in [-0.1, -0.05) is 49.1 Å². The zero-order valence-corrected chi connectivity index (χ0v) is 23.8. The first kappa shape index (κ1) is 29.4. The number of rotatable bonds is 10. The first-order valence-electron chi connectivity index (χ1n) is 12.3. The van der Waals surface area contributed by atoms with Gasteiger partial charge in [0.1, 0.15) is 6.54 Å². The fraction of sp³-hybridized carbons (Fsp3) is 0.423. The molecule has 210 valence electrons. The molecule has 3 aromatic rings. The minimum Gasteiger partial charge on any atom is -0.353 e. The van der Waals surface area contributed by atoms with Crippen LogP contribution in [0.5, 0.6) is 0 Å². The molecule has 4 rings (SSSR count). The quantitative estimate of drug-likeness (QED) is 0.277. The van der Waals surface area contributed by atoms with Crippen molar-refractivity contribution >= 4 is 51.3 Å². The van der Waals surface area contributed by atoms with Gasteiger partial charge in [-0.05, 0) is 49.2 Å². The summed E-state index contributed by atoms with van der Waals surface area (Å²) in [5, 5.41) is 7.27. The van der Waals surface area contributed by atoms with Crippen LogP contribution in [0.3, 0.4) is 0 Å². The average Bonchev–Trinajstić information content (AvgIpc) is 3.47. The standard InChI is InChI=1S/C26H27Cl2F3N4O3S/c1-4-39(37)18-7-5-17(6-8-18)35(14-26(29,30)31)13-21(36)32-16-11-19(27)22(20(28)12-16)25(9-10-25)24-33-23(15(2)3)38-34-24/h5-8,11-12,15H,4,9-10,13-14H2,1-3H3,(H,32,36). The molecule has 1 N–H and O–H groups in total. The van der Waals surface area contributed by atoms with E-state index in [0.29, 0.717) is 40.8 Å². The first-order valence-corrected chi connectivity index (χ1v) is 14.3. The lowest BCUT2D eigenvalue weighted by Gasteiger charge is -2.25. The molecule has 13 heteroatoms. The van der Waals surface area contributed by atoms with Crippen LogP contribution >= 0.6 is 23.2 Å². The van der Waals surface area contributed by atoms with Crippen molar-refractivity contribution in [2.45, 2.75) is 56.0 Å². The molecule has 39 heavy (non-hydrogen) atoms. The van der Waals surface area contributed by atoms with E-state index in [1.54, 1.807) is 6.92 Å². The normalized spacial score (nSPS) is 15.3. The van der Waals surface area contributed by atoms with Gasteiger partial charge in [-0.25, -0.2) is 0 Å². The Bertz CT molecular complexity index is 1350. The van der Waals surface area contributed by atoms with Gasteiger partial charge in [-0.15, -0.1) is 0 Å². The number of aromatic nitrogens is 2. The molecule has 7 nitrogen and oxygen atoms in total. The Labute approximate surface area is 236 Å². The Morgan fingerprint density at radius 3 is 2.28 bits per heavy atom. The van der Waals surface area contributed by atoms with Gasteiger partial charge in [-0.3, -0.25) is 9.00 Å². The minimum atomic E-state index is -4.55. The fourth-order valence-corrected chi connectivity index (χ4v) is 5.90. The van der Waals surface area contributed by atoms with E-state index in [1.807, 2.05) is 13.8 Å². The molecule has 0 spiro atoms. The van der Waals surface area contributed by atoms with E-state index >= 15 is 0 Å². The summed E-state index contributed by atoms with van der Waals surface area (Å²) in [6.45, 7) is 3.69. The lowest BCUT2D eigenvalue weighted by molar-refractivity contribution is -0.122. The number of anilines is 2. The molecule has 2 aromatic carbocycles. The van der Waals surface area contributed by atoms with Gasteiger partial charge in [0, 0.05) is 43.5 Å². The summed E-state index contributed by atoms with van der Waals surface area (Å²) in [5.41, 5.74) is 0.432. The molecule has 1 aliphatic rings. The molecule has 0 saturated heterocycles. The molecule has 1 heterocycles. The first-order chi connectivity index (χ1) is 18.3.